The summed E-state index contributed by atoms with van der Waals surface area (Å²) in [5.41, 5.74) is 6.45. The smallest absolute Gasteiger partial charge is 0.311 e. The molecule has 524 valence electrons. The normalized spacial score (nSPS) is 25.6. The van der Waals surface area contributed by atoms with Crippen molar-refractivity contribution in [1.82, 2.24) is 0 Å². The maximum absolute atomic E-state index is 14.8. The number of esters is 1. The lowest BCUT2D eigenvalue weighted by molar-refractivity contribution is -0.396. The van der Waals surface area contributed by atoms with E-state index in [-0.39, 0.29) is 79.3 Å². The topological polar surface area (TPSA) is 165 Å². The summed E-state index contributed by atoms with van der Waals surface area (Å²) in [7, 11) is 1.55. The Kier molecular flexibility index (Phi) is 27.9. The number of hydrogen-bond acceptors (Lipinski definition) is 17. The molecule has 0 unspecified atom stereocenters. The lowest BCUT2D eigenvalue weighted by Crippen LogP contribution is -2.68. The van der Waals surface area contributed by atoms with Gasteiger partial charge >= 0.3 is 5.97 Å². The maximum Gasteiger partial charge on any atom is 0.311 e. The fraction of sp³-hybridized carbons (Fsp3) is 0.402. The summed E-state index contributed by atoms with van der Waals surface area (Å²) in [6.45, 7) is 9.10. The number of carbonyl (C=O) groups excluding carboxylic acids is 1. The second-order valence-corrected chi connectivity index (χ2v) is 25.9. The lowest BCUT2D eigenvalue weighted by Gasteiger charge is -2.51. The minimum absolute atomic E-state index is 0.0136. The van der Waals surface area contributed by atoms with Crippen molar-refractivity contribution in [1.29, 1.82) is 0 Å². The van der Waals surface area contributed by atoms with Crippen LogP contribution < -0.4 is 0 Å². The first-order valence-electron chi connectivity index (χ1n) is 34.3. The zero-order valence-electron chi connectivity index (χ0n) is 57.2. The van der Waals surface area contributed by atoms with Crippen molar-refractivity contribution < 1.29 is 80.6 Å². The third kappa shape index (κ3) is 21.3. The third-order valence-electron chi connectivity index (χ3n) is 17.4. The molecule has 3 heterocycles. The summed E-state index contributed by atoms with van der Waals surface area (Å²) < 4.78 is 112. The van der Waals surface area contributed by atoms with Crippen LogP contribution in [0.25, 0.3) is 0 Å². The van der Waals surface area contributed by atoms with Gasteiger partial charge in [0.15, 0.2) is 25.0 Å². The predicted molar refractivity (Wildman–Crippen MR) is 371 cm³/mol. The van der Waals surface area contributed by atoms with Crippen molar-refractivity contribution in [2.75, 3.05) is 33.5 Å². The van der Waals surface area contributed by atoms with Gasteiger partial charge in [0.25, 0.3) is 0 Å². The van der Waals surface area contributed by atoms with Crippen LogP contribution in [0.1, 0.15) is 72.2 Å². The molecule has 0 bridgehead atoms. The van der Waals surface area contributed by atoms with Crippen LogP contribution in [-0.2, 0) is 133 Å². The number of hydrogen-bond donors (Lipinski definition) is 0. The van der Waals surface area contributed by atoms with Gasteiger partial charge < -0.3 is 75.8 Å². The number of carbonyl (C=O) groups is 1. The Bertz CT molecular complexity index is 3530. The molecule has 0 saturated carbocycles. The largest absolute Gasteiger partial charge is 0.454 e. The number of rotatable bonds is 35. The van der Waals surface area contributed by atoms with Crippen LogP contribution in [0.3, 0.4) is 0 Å². The summed E-state index contributed by atoms with van der Waals surface area (Å²) in [5.74, 6) is -0.531. The third-order valence-corrected chi connectivity index (χ3v) is 17.4. The Labute approximate surface area is 582 Å². The fourth-order valence-corrected chi connectivity index (χ4v) is 12.3. The molecule has 0 aromatic heterocycles. The van der Waals surface area contributed by atoms with E-state index in [1.54, 1.807) is 27.9 Å². The summed E-state index contributed by atoms with van der Waals surface area (Å²) in [6.07, 6.45) is -15.8. The molecular formula is C82H94O17. The van der Waals surface area contributed by atoms with E-state index in [4.69, 9.17) is 75.8 Å². The van der Waals surface area contributed by atoms with Gasteiger partial charge in [-0.3, -0.25) is 4.79 Å². The average Bonchev–Trinajstić information content (AvgIpc) is 0.766. The second-order valence-electron chi connectivity index (χ2n) is 25.9. The highest BCUT2D eigenvalue weighted by Crippen LogP contribution is 2.40. The molecule has 8 aromatic carbocycles. The van der Waals surface area contributed by atoms with E-state index < -0.39 is 104 Å². The molecule has 17 heteroatoms. The SMILES string of the molecule is CCO[C@@H]1[C@@H](O[C@H]2O[C@H](COCc3ccccc3)[C@@H](OCc3ccccc3)[C@H](OCc3ccccc3)[C@@H]2OCc2ccccc2)[C@H](OC)O[C@H](COCc2ccccc2)[C@H]1O[C@@H]1O[C@H](COCc2ccccc2)[C@@H](OCc2ccccc2)[C@H](OCc2ccccc2)[C@H]1OC(=O)C(C)(C)C. The van der Waals surface area contributed by atoms with Crippen LogP contribution in [-0.4, -0.2) is 132 Å². The first-order valence-corrected chi connectivity index (χ1v) is 34.3. The zero-order chi connectivity index (χ0) is 68.4. The molecule has 15 atom stereocenters. The minimum Gasteiger partial charge on any atom is -0.454 e. The van der Waals surface area contributed by atoms with Gasteiger partial charge in [0.2, 0.25) is 0 Å². The van der Waals surface area contributed by atoms with Crippen LogP contribution in [0.2, 0.25) is 0 Å². The molecule has 11 rings (SSSR count). The fourth-order valence-electron chi connectivity index (χ4n) is 12.3. The molecule has 3 saturated heterocycles. The first-order chi connectivity index (χ1) is 48.6. The van der Waals surface area contributed by atoms with E-state index in [1.165, 1.54) is 0 Å². The van der Waals surface area contributed by atoms with E-state index in [9.17, 15) is 4.79 Å². The van der Waals surface area contributed by atoms with E-state index in [1.807, 2.05) is 250 Å². The molecule has 0 N–H and O–H groups in total. The van der Waals surface area contributed by atoms with Gasteiger partial charge in [0, 0.05) is 13.7 Å². The summed E-state index contributed by atoms with van der Waals surface area (Å²) in [5, 5.41) is 0. The Morgan fingerprint density at radius 1 is 0.313 bits per heavy atom. The van der Waals surface area contributed by atoms with Crippen molar-refractivity contribution >= 4 is 5.97 Å². The molecular weight excluding hydrogens is 1260 g/mol. The molecule has 0 radical (unpaired) electrons. The summed E-state index contributed by atoms with van der Waals surface area (Å²) >= 11 is 0. The van der Waals surface area contributed by atoms with Gasteiger partial charge in [0.1, 0.15) is 67.1 Å². The van der Waals surface area contributed by atoms with Crippen LogP contribution in [0, 0.1) is 5.41 Å². The maximum atomic E-state index is 14.8. The first kappa shape index (κ1) is 72.9. The Balaban J connectivity index is 1.00. The Hall–Kier alpha value is -7.37. The number of methoxy groups -OCH3 is 1. The second kappa shape index (κ2) is 37.9. The van der Waals surface area contributed by atoms with Crippen LogP contribution in [0.15, 0.2) is 243 Å². The zero-order valence-corrected chi connectivity index (χ0v) is 57.2. The average molecular weight is 1350 g/mol. The predicted octanol–water partition coefficient (Wildman–Crippen LogP) is 13.5. The van der Waals surface area contributed by atoms with E-state index >= 15 is 0 Å². The highest BCUT2D eigenvalue weighted by molar-refractivity contribution is 5.75. The Morgan fingerprint density at radius 3 is 0.899 bits per heavy atom. The molecule has 0 amide bonds. The quantitative estimate of drug-likeness (QED) is 0.0344. The molecule has 3 aliphatic rings. The highest BCUT2D eigenvalue weighted by Gasteiger charge is 2.58. The molecule has 17 nitrogen and oxygen atoms in total. The standard InChI is InChI=1S/C82H94O17/c1-6-88-74-71(97-80-77(99-81(83)82(2,3)4)73(92-53-64-43-27-13-28-44-64)70(90-51-62-39-23-11-24-40-62)67(96-80)56-86-48-59-33-17-8-18-34-59)68(57-87-49-60-35-19-9-20-36-60)94-78(84-5)76(74)98-79-75(93-54-65-45-29-14-30-46-65)72(91-52-63-41-25-12-26-42-63)69(89-50-61-37-21-10-22-38-61)66(95-79)55-85-47-58-31-15-7-16-32-58/h7-46,66-80H,6,47-57H2,1-5H3/t66-,67-,68-,69-,70-,71-,72+,73+,74+,75+,76-,77-,78-,79-,80+/m1/s1. The summed E-state index contributed by atoms with van der Waals surface area (Å²) in [6, 6.07) is 79.2. The van der Waals surface area contributed by atoms with E-state index in [2.05, 4.69) is 0 Å². The van der Waals surface area contributed by atoms with E-state index in [0.717, 1.165) is 44.5 Å². The molecule has 0 spiro atoms. The van der Waals surface area contributed by atoms with Gasteiger partial charge in [-0.05, 0) is 72.2 Å². The summed E-state index contributed by atoms with van der Waals surface area (Å²) in [4.78, 5) is 14.8. The number of ether oxygens (including phenoxy) is 16. The van der Waals surface area contributed by atoms with Crippen molar-refractivity contribution in [3.8, 4) is 0 Å². The Morgan fingerprint density at radius 2 is 0.576 bits per heavy atom. The van der Waals surface area contributed by atoms with Crippen molar-refractivity contribution in [2.45, 2.75) is 173 Å². The van der Waals surface area contributed by atoms with Crippen molar-refractivity contribution in [2.24, 2.45) is 5.41 Å². The monoisotopic (exact) mass is 1350 g/mol. The molecule has 3 aliphatic heterocycles. The van der Waals surface area contributed by atoms with Gasteiger partial charge in [-0.15, -0.1) is 0 Å². The lowest BCUT2D eigenvalue weighted by atomic mass is 9.94. The van der Waals surface area contributed by atoms with Gasteiger partial charge in [-0.25, -0.2) is 0 Å². The van der Waals surface area contributed by atoms with Gasteiger partial charge in [0.05, 0.1) is 78.1 Å². The van der Waals surface area contributed by atoms with E-state index in [0.29, 0.717) is 0 Å². The molecule has 99 heavy (non-hydrogen) atoms. The number of benzene rings is 8. The van der Waals surface area contributed by atoms with Crippen molar-refractivity contribution in [3.63, 3.8) is 0 Å². The van der Waals surface area contributed by atoms with Crippen LogP contribution in [0.5, 0.6) is 0 Å². The van der Waals surface area contributed by atoms with Crippen LogP contribution >= 0.6 is 0 Å². The minimum atomic E-state index is -1.41. The molecule has 0 aliphatic carbocycles. The van der Waals surface area contributed by atoms with Crippen LogP contribution in [0.4, 0.5) is 0 Å². The van der Waals surface area contributed by atoms with Gasteiger partial charge in [-0.1, -0.05) is 243 Å². The molecule has 3 fully saturated rings. The highest BCUT2D eigenvalue weighted by atomic mass is 16.8. The molecule has 8 aromatic rings. The van der Waals surface area contributed by atoms with Gasteiger partial charge in [-0.2, -0.15) is 0 Å². The van der Waals surface area contributed by atoms with Crippen molar-refractivity contribution in [3.05, 3.63) is 287 Å².